The van der Waals surface area contributed by atoms with Crippen LogP contribution in [0.1, 0.15) is 62.7 Å². The zero-order valence-corrected chi connectivity index (χ0v) is 15.1. The maximum atomic E-state index is 12.6. The van der Waals surface area contributed by atoms with Gasteiger partial charge in [-0.25, -0.2) is 9.98 Å². The molecule has 2 fully saturated rings. The molecule has 0 radical (unpaired) electrons. The molecule has 1 aliphatic heterocycles. The van der Waals surface area contributed by atoms with Crippen LogP contribution in [0.15, 0.2) is 17.3 Å². The number of aliphatic imine (C=N–C) groups is 1. The van der Waals surface area contributed by atoms with Crippen molar-refractivity contribution in [3.05, 3.63) is 17.8 Å². The summed E-state index contributed by atoms with van der Waals surface area (Å²) in [6, 6.07) is 2.15. The number of carbonyl (C=O) groups excluding carboxylic acids is 1. The fourth-order valence-electron chi connectivity index (χ4n) is 4.09. The van der Waals surface area contributed by atoms with Gasteiger partial charge in [0.05, 0.1) is 11.2 Å². The van der Waals surface area contributed by atoms with Crippen LogP contribution < -0.4 is 10.8 Å². The minimum atomic E-state index is -0.627. The Balaban J connectivity index is 1.35. The summed E-state index contributed by atoms with van der Waals surface area (Å²) in [5, 5.41) is 13.3. The minimum absolute atomic E-state index is 0.0399. The lowest BCUT2D eigenvalue weighted by molar-refractivity contribution is -0.00257. The smallest absolute Gasteiger partial charge is 0.253 e. The molecule has 0 atom stereocenters. The third-order valence-electron chi connectivity index (χ3n) is 5.94. The van der Waals surface area contributed by atoms with E-state index < -0.39 is 5.60 Å². The summed E-state index contributed by atoms with van der Waals surface area (Å²) >= 11 is 0. The van der Waals surface area contributed by atoms with Crippen LogP contribution in [0.3, 0.4) is 0 Å². The van der Waals surface area contributed by atoms with Gasteiger partial charge in [-0.3, -0.25) is 4.79 Å². The Hall–Kier alpha value is -1.69. The van der Waals surface area contributed by atoms with Crippen LogP contribution in [-0.4, -0.2) is 40.5 Å². The van der Waals surface area contributed by atoms with E-state index in [0.29, 0.717) is 17.4 Å². The van der Waals surface area contributed by atoms with E-state index in [1.165, 1.54) is 18.5 Å². The number of nitrogens with zero attached hydrogens (tertiary/aromatic N) is 2. The summed E-state index contributed by atoms with van der Waals surface area (Å²) in [7, 11) is 0.852. The predicted molar refractivity (Wildman–Crippen MR) is 100 cm³/mol. The Bertz CT molecular complexity index is 714. The highest BCUT2D eigenvalue weighted by Gasteiger charge is 2.33. The molecule has 2 heterocycles. The molecule has 0 aromatic carbocycles. The highest BCUT2D eigenvalue weighted by atomic mass is 16.3. The first kappa shape index (κ1) is 16.8. The zero-order valence-electron chi connectivity index (χ0n) is 15.1. The molecular weight excluding hydrogens is 313 g/mol. The van der Waals surface area contributed by atoms with Gasteiger partial charge in [-0.2, -0.15) is 0 Å². The Morgan fingerprint density at radius 1 is 1.24 bits per heavy atom. The van der Waals surface area contributed by atoms with Crippen LogP contribution in [0.4, 0.5) is 5.82 Å². The van der Waals surface area contributed by atoms with Crippen LogP contribution in [-0.2, 0) is 0 Å². The summed E-state index contributed by atoms with van der Waals surface area (Å²) in [5.74, 6) is 1.73. The van der Waals surface area contributed by atoms with Crippen molar-refractivity contribution in [3.8, 4) is 0 Å². The molecule has 2 N–H and O–H groups in total. The van der Waals surface area contributed by atoms with Crippen molar-refractivity contribution in [1.82, 2.24) is 10.3 Å². The van der Waals surface area contributed by atoms with Gasteiger partial charge in [0.1, 0.15) is 5.82 Å². The molecule has 0 unspecified atom stereocenters. The average Bonchev–Trinajstić information content (AvgIpc) is 3.33. The Morgan fingerprint density at radius 2 is 1.96 bits per heavy atom. The molecule has 1 aromatic rings. The molecule has 1 aromatic heterocycles. The monoisotopic (exact) mass is 339 g/mol. The number of fused-ring (bicyclic) bond motifs is 1. The molecule has 5 nitrogen and oxygen atoms in total. The number of aliphatic hydroxyl groups is 1. The standard InChI is InChI=1S/C19H26BN3O2/c1-19(2,25)13-5-7-14(8-6-13)22-18(24)12-9-15-17(21-10-12)23-16(20-15)11-3-4-11/h9-11,13-14,20,25H,3-8H2,1-2H3,(H,22,24). The second kappa shape index (κ2) is 6.24. The van der Waals surface area contributed by atoms with Crippen molar-refractivity contribution >= 4 is 30.1 Å². The predicted octanol–water partition coefficient (Wildman–Crippen LogP) is 1.66. The van der Waals surface area contributed by atoms with E-state index in [9.17, 15) is 9.90 Å². The minimum Gasteiger partial charge on any atom is -0.390 e. The molecule has 6 heteroatoms. The average molecular weight is 339 g/mol. The number of hydrogen-bond acceptors (Lipinski definition) is 4. The molecule has 2 aliphatic carbocycles. The molecule has 0 bridgehead atoms. The first-order valence-electron chi connectivity index (χ1n) is 9.50. The van der Waals surface area contributed by atoms with Crippen molar-refractivity contribution in [2.45, 2.75) is 64.0 Å². The van der Waals surface area contributed by atoms with E-state index >= 15 is 0 Å². The van der Waals surface area contributed by atoms with Crippen LogP contribution >= 0.6 is 0 Å². The van der Waals surface area contributed by atoms with Gasteiger partial charge >= 0.3 is 0 Å². The summed E-state index contributed by atoms with van der Waals surface area (Å²) < 4.78 is 0. The third kappa shape index (κ3) is 3.64. The van der Waals surface area contributed by atoms with Crippen molar-refractivity contribution < 1.29 is 9.90 Å². The van der Waals surface area contributed by atoms with E-state index in [1.54, 1.807) is 6.20 Å². The topological polar surface area (TPSA) is 74.6 Å². The van der Waals surface area contributed by atoms with Gasteiger partial charge in [0, 0.05) is 12.2 Å². The first-order valence-corrected chi connectivity index (χ1v) is 9.50. The Labute approximate surface area is 149 Å². The lowest BCUT2D eigenvalue weighted by atomic mass is 9.66. The number of aromatic nitrogens is 1. The van der Waals surface area contributed by atoms with Crippen molar-refractivity contribution in [2.24, 2.45) is 16.8 Å². The van der Waals surface area contributed by atoms with E-state index in [1.807, 2.05) is 19.9 Å². The molecule has 2 saturated carbocycles. The van der Waals surface area contributed by atoms with Gasteiger partial charge in [0.2, 0.25) is 7.28 Å². The summed E-state index contributed by atoms with van der Waals surface area (Å²) in [4.78, 5) is 21.6. The lowest BCUT2D eigenvalue weighted by Gasteiger charge is -2.36. The van der Waals surface area contributed by atoms with E-state index in [0.717, 1.165) is 44.2 Å². The zero-order chi connectivity index (χ0) is 17.6. The van der Waals surface area contributed by atoms with Crippen molar-refractivity contribution in [1.29, 1.82) is 0 Å². The van der Waals surface area contributed by atoms with Crippen molar-refractivity contribution in [2.75, 3.05) is 0 Å². The van der Waals surface area contributed by atoms with Crippen LogP contribution in [0, 0.1) is 11.8 Å². The maximum Gasteiger partial charge on any atom is 0.253 e. The molecule has 4 rings (SSSR count). The molecular formula is C19H26BN3O2. The lowest BCUT2D eigenvalue weighted by Crippen LogP contribution is -2.42. The second-order valence-corrected chi connectivity index (χ2v) is 8.44. The SMILES string of the molecule is CC(C)(O)C1CCC(NC(=O)c2cnc3c(c2)BC(C2CC2)=N3)CC1. The molecule has 0 spiro atoms. The number of carbonyl (C=O) groups is 1. The Kier molecular flexibility index (Phi) is 4.18. The molecule has 3 aliphatic rings. The molecule has 0 saturated heterocycles. The van der Waals surface area contributed by atoms with Crippen LogP contribution in [0.2, 0.25) is 0 Å². The molecule has 25 heavy (non-hydrogen) atoms. The fraction of sp³-hybridized carbons (Fsp3) is 0.632. The van der Waals surface area contributed by atoms with Crippen LogP contribution in [0.25, 0.3) is 0 Å². The van der Waals surface area contributed by atoms with E-state index in [4.69, 9.17) is 0 Å². The van der Waals surface area contributed by atoms with Gasteiger partial charge in [0.15, 0.2) is 0 Å². The van der Waals surface area contributed by atoms with Gasteiger partial charge in [-0.1, -0.05) is 0 Å². The van der Waals surface area contributed by atoms with E-state index in [-0.39, 0.29) is 11.9 Å². The number of pyridine rings is 1. The van der Waals surface area contributed by atoms with Gasteiger partial charge in [-0.15, -0.1) is 0 Å². The quantitative estimate of drug-likeness (QED) is 0.820. The highest BCUT2D eigenvalue weighted by molar-refractivity contribution is 6.88. The number of hydrogen-bond donors (Lipinski definition) is 2. The van der Waals surface area contributed by atoms with Crippen molar-refractivity contribution in [3.63, 3.8) is 0 Å². The second-order valence-electron chi connectivity index (χ2n) is 8.44. The third-order valence-corrected chi connectivity index (χ3v) is 5.94. The largest absolute Gasteiger partial charge is 0.390 e. The summed E-state index contributed by atoms with van der Waals surface area (Å²) in [6.07, 6.45) is 7.89. The van der Waals surface area contributed by atoms with Crippen LogP contribution in [0.5, 0.6) is 0 Å². The number of amides is 1. The van der Waals surface area contributed by atoms with Gasteiger partial charge in [0.25, 0.3) is 5.91 Å². The fourth-order valence-corrected chi connectivity index (χ4v) is 4.09. The highest BCUT2D eigenvalue weighted by Crippen LogP contribution is 2.33. The maximum absolute atomic E-state index is 12.6. The molecule has 1 amide bonds. The summed E-state index contributed by atoms with van der Waals surface area (Å²) in [5.41, 5.74) is 2.33. The Morgan fingerprint density at radius 3 is 2.60 bits per heavy atom. The number of nitrogens with one attached hydrogen (secondary N) is 1. The van der Waals surface area contributed by atoms with E-state index in [2.05, 4.69) is 15.3 Å². The normalized spacial score (nSPS) is 25.8. The molecule has 132 valence electrons. The van der Waals surface area contributed by atoms with Gasteiger partial charge in [-0.05, 0) is 81.3 Å². The first-order chi connectivity index (χ1) is 11.9. The summed E-state index contributed by atoms with van der Waals surface area (Å²) in [6.45, 7) is 3.76. The van der Waals surface area contributed by atoms with Gasteiger partial charge < -0.3 is 10.4 Å². The number of rotatable bonds is 4.